The summed E-state index contributed by atoms with van der Waals surface area (Å²) in [6.45, 7) is 3.44. The number of piperidine rings is 1. The molecule has 0 amide bonds. The minimum Gasteiger partial charge on any atom is -0.330 e. The van der Waals surface area contributed by atoms with Crippen LogP contribution in [-0.2, 0) is 4.79 Å². The van der Waals surface area contributed by atoms with Crippen LogP contribution < -0.4 is 5.73 Å². The first-order valence-electron chi connectivity index (χ1n) is 4.27. The maximum Gasteiger partial charge on any atom is 0.146 e. The maximum absolute atomic E-state index is 11.0. The van der Waals surface area contributed by atoms with E-state index in [1.807, 2.05) is 0 Å². The van der Waals surface area contributed by atoms with Crippen LogP contribution in [0.4, 0.5) is 0 Å². The average Bonchev–Trinajstić information content (AvgIpc) is 2.01. The van der Waals surface area contributed by atoms with E-state index >= 15 is 0 Å². The van der Waals surface area contributed by atoms with Crippen molar-refractivity contribution in [2.45, 2.75) is 19.3 Å². The summed E-state index contributed by atoms with van der Waals surface area (Å²) in [6, 6.07) is 0. The van der Waals surface area contributed by atoms with Crippen molar-refractivity contribution in [1.82, 2.24) is 4.90 Å². The summed E-state index contributed by atoms with van der Waals surface area (Å²) >= 11 is 0. The minimum atomic E-state index is 0. The molecule has 0 radical (unpaired) electrons. The molecule has 1 saturated heterocycles. The topological polar surface area (TPSA) is 46.3 Å². The number of ketones is 1. The highest BCUT2D eigenvalue weighted by Gasteiger charge is 2.15. The highest BCUT2D eigenvalue weighted by molar-refractivity contribution is 5.85. The fraction of sp³-hybridized carbons (Fsp3) is 0.875. The molecule has 72 valence electrons. The Balaban J connectivity index is 0.00000121. The van der Waals surface area contributed by atoms with Crippen molar-refractivity contribution >= 4 is 18.2 Å². The lowest BCUT2D eigenvalue weighted by molar-refractivity contribution is -0.122. The van der Waals surface area contributed by atoms with Gasteiger partial charge in [0.1, 0.15) is 5.78 Å². The predicted octanol–water partition coefficient (Wildman–Crippen LogP) is 0.422. The monoisotopic (exact) mass is 192 g/mol. The van der Waals surface area contributed by atoms with Gasteiger partial charge in [-0.1, -0.05) is 0 Å². The van der Waals surface area contributed by atoms with Gasteiger partial charge in [0, 0.05) is 6.42 Å². The Morgan fingerprint density at radius 2 is 2.25 bits per heavy atom. The van der Waals surface area contributed by atoms with Gasteiger partial charge in [-0.15, -0.1) is 12.4 Å². The highest BCUT2D eigenvalue weighted by Crippen LogP contribution is 2.05. The zero-order chi connectivity index (χ0) is 8.10. The van der Waals surface area contributed by atoms with Crippen LogP contribution in [0, 0.1) is 0 Å². The number of nitrogens with two attached hydrogens (primary N) is 1. The standard InChI is InChI=1S/C8H16N2O.ClH/c9-4-2-6-10-5-1-3-8(11)7-10;/h1-7,9H2;1H. The quantitative estimate of drug-likeness (QED) is 0.705. The second-order valence-electron chi connectivity index (χ2n) is 3.06. The van der Waals surface area contributed by atoms with E-state index in [4.69, 9.17) is 5.73 Å². The Morgan fingerprint density at radius 1 is 1.50 bits per heavy atom. The van der Waals surface area contributed by atoms with Crippen LogP contribution in [0.3, 0.4) is 0 Å². The van der Waals surface area contributed by atoms with Gasteiger partial charge in [-0.3, -0.25) is 9.69 Å². The molecule has 0 bridgehead atoms. The van der Waals surface area contributed by atoms with Crippen molar-refractivity contribution < 1.29 is 4.79 Å². The summed E-state index contributed by atoms with van der Waals surface area (Å²) in [7, 11) is 0. The van der Waals surface area contributed by atoms with Gasteiger partial charge in [-0.25, -0.2) is 0 Å². The van der Waals surface area contributed by atoms with Crippen LogP contribution >= 0.6 is 12.4 Å². The number of carbonyl (C=O) groups is 1. The van der Waals surface area contributed by atoms with E-state index in [-0.39, 0.29) is 12.4 Å². The van der Waals surface area contributed by atoms with Gasteiger partial charge in [0.25, 0.3) is 0 Å². The Morgan fingerprint density at radius 3 is 2.83 bits per heavy atom. The van der Waals surface area contributed by atoms with Crippen LogP contribution in [0.25, 0.3) is 0 Å². The number of halogens is 1. The fourth-order valence-corrected chi connectivity index (χ4v) is 1.41. The van der Waals surface area contributed by atoms with Gasteiger partial charge >= 0.3 is 0 Å². The first-order chi connectivity index (χ1) is 5.33. The number of hydrogen-bond acceptors (Lipinski definition) is 3. The first-order valence-corrected chi connectivity index (χ1v) is 4.27. The molecule has 2 N–H and O–H groups in total. The molecule has 4 heteroatoms. The van der Waals surface area contributed by atoms with Gasteiger partial charge in [0.05, 0.1) is 6.54 Å². The number of likely N-dealkylation sites (tertiary alicyclic amines) is 1. The lowest BCUT2D eigenvalue weighted by Gasteiger charge is -2.24. The molecule has 1 fully saturated rings. The molecule has 3 nitrogen and oxygen atoms in total. The van der Waals surface area contributed by atoms with E-state index < -0.39 is 0 Å². The molecular weight excluding hydrogens is 176 g/mol. The Labute approximate surface area is 79.7 Å². The van der Waals surface area contributed by atoms with E-state index in [2.05, 4.69) is 4.90 Å². The number of nitrogens with zero attached hydrogens (tertiary/aromatic N) is 1. The van der Waals surface area contributed by atoms with Crippen LogP contribution in [0.2, 0.25) is 0 Å². The largest absolute Gasteiger partial charge is 0.330 e. The molecule has 0 aromatic carbocycles. The van der Waals surface area contributed by atoms with E-state index in [1.54, 1.807) is 0 Å². The summed E-state index contributed by atoms with van der Waals surface area (Å²) < 4.78 is 0. The fourth-order valence-electron chi connectivity index (χ4n) is 1.41. The van der Waals surface area contributed by atoms with Gasteiger partial charge in [-0.2, -0.15) is 0 Å². The molecule has 1 aliphatic rings. The van der Waals surface area contributed by atoms with Gasteiger partial charge in [-0.05, 0) is 32.5 Å². The van der Waals surface area contributed by atoms with Crippen molar-refractivity contribution in [3.8, 4) is 0 Å². The molecule has 0 unspecified atom stereocenters. The minimum absolute atomic E-state index is 0. The molecular formula is C8H17ClN2O. The Bertz CT molecular complexity index is 141. The smallest absolute Gasteiger partial charge is 0.146 e. The Kier molecular flexibility index (Phi) is 6.34. The molecule has 0 aromatic heterocycles. The Hall–Kier alpha value is -0.120. The summed E-state index contributed by atoms with van der Waals surface area (Å²) in [5, 5.41) is 0. The molecule has 0 aromatic rings. The average molecular weight is 193 g/mol. The zero-order valence-electron chi connectivity index (χ0n) is 7.29. The molecule has 0 atom stereocenters. The van der Waals surface area contributed by atoms with E-state index in [0.717, 1.165) is 38.9 Å². The zero-order valence-corrected chi connectivity index (χ0v) is 8.11. The second kappa shape index (κ2) is 6.40. The summed E-state index contributed by atoms with van der Waals surface area (Å²) in [5.41, 5.74) is 5.37. The van der Waals surface area contributed by atoms with Crippen LogP contribution in [0.15, 0.2) is 0 Å². The normalized spacial score (nSPS) is 18.9. The number of Topliss-reactive ketones (excluding diaryl/α,β-unsaturated/α-hetero) is 1. The predicted molar refractivity (Wildman–Crippen MR) is 51.6 cm³/mol. The summed E-state index contributed by atoms with van der Waals surface area (Å²) in [4.78, 5) is 13.2. The van der Waals surface area contributed by atoms with E-state index in [9.17, 15) is 4.79 Å². The van der Waals surface area contributed by atoms with Crippen molar-refractivity contribution in [2.75, 3.05) is 26.2 Å². The lowest BCUT2D eigenvalue weighted by Crippen LogP contribution is -2.36. The highest BCUT2D eigenvalue weighted by atomic mass is 35.5. The van der Waals surface area contributed by atoms with Gasteiger partial charge in [0.2, 0.25) is 0 Å². The first kappa shape index (κ1) is 11.9. The third-order valence-corrected chi connectivity index (χ3v) is 2.01. The molecule has 1 heterocycles. The number of hydrogen-bond donors (Lipinski definition) is 1. The SMILES string of the molecule is Cl.NCCCN1CCCC(=O)C1. The summed E-state index contributed by atoms with van der Waals surface area (Å²) in [6.07, 6.45) is 2.82. The maximum atomic E-state index is 11.0. The van der Waals surface area contributed by atoms with Gasteiger partial charge in [0.15, 0.2) is 0 Å². The lowest BCUT2D eigenvalue weighted by atomic mass is 10.1. The third-order valence-electron chi connectivity index (χ3n) is 2.01. The van der Waals surface area contributed by atoms with E-state index in [1.165, 1.54) is 0 Å². The van der Waals surface area contributed by atoms with Crippen LogP contribution in [0.1, 0.15) is 19.3 Å². The van der Waals surface area contributed by atoms with Gasteiger partial charge < -0.3 is 5.73 Å². The van der Waals surface area contributed by atoms with E-state index in [0.29, 0.717) is 12.3 Å². The number of carbonyl (C=O) groups excluding carboxylic acids is 1. The molecule has 1 rings (SSSR count). The van der Waals surface area contributed by atoms with Crippen molar-refractivity contribution in [1.29, 1.82) is 0 Å². The second-order valence-corrected chi connectivity index (χ2v) is 3.06. The molecule has 0 aliphatic carbocycles. The molecule has 1 aliphatic heterocycles. The van der Waals surface area contributed by atoms with Crippen LogP contribution in [-0.4, -0.2) is 36.9 Å². The molecule has 0 spiro atoms. The molecule has 0 saturated carbocycles. The van der Waals surface area contributed by atoms with Crippen molar-refractivity contribution in [3.63, 3.8) is 0 Å². The van der Waals surface area contributed by atoms with Crippen molar-refractivity contribution in [3.05, 3.63) is 0 Å². The third kappa shape index (κ3) is 4.04. The molecule has 12 heavy (non-hydrogen) atoms. The number of rotatable bonds is 3. The van der Waals surface area contributed by atoms with Crippen molar-refractivity contribution in [2.24, 2.45) is 5.73 Å². The summed E-state index contributed by atoms with van der Waals surface area (Å²) in [5.74, 6) is 0.383. The van der Waals surface area contributed by atoms with Crippen LogP contribution in [0.5, 0.6) is 0 Å².